The van der Waals surface area contributed by atoms with Gasteiger partial charge in [0, 0.05) is 19.3 Å². The van der Waals surface area contributed by atoms with Crippen molar-refractivity contribution < 1.29 is 29.3 Å². The topological polar surface area (TPSA) is 201 Å². The van der Waals surface area contributed by atoms with Crippen LogP contribution in [-0.4, -0.2) is 78.6 Å². The molecule has 0 aromatic carbocycles. The molecule has 0 radical (unpaired) electrons. The molecular weight excluding hydrogens is 458 g/mol. The van der Waals surface area contributed by atoms with Crippen molar-refractivity contribution in [1.29, 1.82) is 0 Å². The fraction of sp³-hybridized carbons (Fsp3) is 0.591. The van der Waals surface area contributed by atoms with Crippen molar-refractivity contribution in [2.75, 3.05) is 18.8 Å². The fourth-order valence-corrected chi connectivity index (χ4v) is 4.39. The predicted octanol–water partition coefficient (Wildman–Crippen LogP) is -1.67. The standard InChI is InChI=1S/C22H27N7O6/c23-17-13-18(28-12(27-17)3-1-2-11-4-8-25-9-5-11)29(10-26-13)19-15(31)14(30)16(34-19)20(32)35-22(6-7-22)21(24)33/h10-11,14-16,19,25,30-31H,2,4-9H2,(H2,24,33)(H2,23,27,28). The Bertz CT molecular complexity index is 1210. The Morgan fingerprint density at radius 2 is 2.00 bits per heavy atom. The van der Waals surface area contributed by atoms with Crippen molar-refractivity contribution in [3.8, 4) is 11.8 Å². The third kappa shape index (κ3) is 4.41. The van der Waals surface area contributed by atoms with Gasteiger partial charge in [-0.05, 0) is 37.8 Å². The lowest BCUT2D eigenvalue weighted by atomic mass is 9.95. The third-order valence-corrected chi connectivity index (χ3v) is 6.69. The summed E-state index contributed by atoms with van der Waals surface area (Å²) in [5.74, 6) is 5.09. The van der Waals surface area contributed by atoms with E-state index in [4.69, 9.17) is 20.9 Å². The van der Waals surface area contributed by atoms with Gasteiger partial charge in [0.1, 0.15) is 17.7 Å². The monoisotopic (exact) mass is 485 g/mol. The van der Waals surface area contributed by atoms with E-state index in [9.17, 15) is 19.8 Å². The van der Waals surface area contributed by atoms with Gasteiger partial charge in [0.2, 0.25) is 5.82 Å². The van der Waals surface area contributed by atoms with Crippen LogP contribution in [0.2, 0.25) is 0 Å². The molecule has 35 heavy (non-hydrogen) atoms. The Balaban J connectivity index is 1.36. The minimum atomic E-state index is -1.61. The molecule has 186 valence electrons. The van der Waals surface area contributed by atoms with Gasteiger partial charge in [0.05, 0.1) is 6.33 Å². The molecule has 1 saturated carbocycles. The molecule has 1 aliphatic carbocycles. The van der Waals surface area contributed by atoms with Crippen LogP contribution in [0.15, 0.2) is 6.33 Å². The Kier molecular flexibility index (Phi) is 6.06. The number of aliphatic hydroxyl groups excluding tert-OH is 2. The molecule has 2 aliphatic heterocycles. The van der Waals surface area contributed by atoms with Crippen molar-refractivity contribution in [3.63, 3.8) is 0 Å². The number of nitrogen functional groups attached to an aromatic ring is 1. The van der Waals surface area contributed by atoms with E-state index in [1.807, 2.05) is 0 Å². The summed E-state index contributed by atoms with van der Waals surface area (Å²) in [4.78, 5) is 36.9. The Morgan fingerprint density at radius 1 is 1.26 bits per heavy atom. The van der Waals surface area contributed by atoms with Crippen molar-refractivity contribution >= 4 is 28.9 Å². The van der Waals surface area contributed by atoms with Gasteiger partial charge in [-0.25, -0.2) is 19.7 Å². The Hall–Kier alpha value is -3.31. The number of hydrogen-bond acceptors (Lipinski definition) is 11. The van der Waals surface area contributed by atoms with Gasteiger partial charge in [0.15, 0.2) is 29.4 Å². The molecule has 4 atom stereocenters. The molecule has 2 aromatic rings. The molecule has 2 aromatic heterocycles. The lowest BCUT2D eigenvalue weighted by molar-refractivity contribution is -0.172. The average Bonchev–Trinajstić information content (AvgIpc) is 3.41. The normalized spacial score (nSPS) is 27.8. The van der Waals surface area contributed by atoms with Crippen molar-refractivity contribution in [2.24, 2.45) is 11.7 Å². The summed E-state index contributed by atoms with van der Waals surface area (Å²) in [6.45, 7) is 1.96. The van der Waals surface area contributed by atoms with Crippen molar-refractivity contribution in [2.45, 2.75) is 62.2 Å². The summed E-state index contributed by atoms with van der Waals surface area (Å²) in [5.41, 5.74) is 10.5. The number of ether oxygens (including phenoxy) is 2. The van der Waals surface area contributed by atoms with Gasteiger partial charge in [-0.2, -0.15) is 0 Å². The predicted molar refractivity (Wildman–Crippen MR) is 120 cm³/mol. The van der Waals surface area contributed by atoms with E-state index >= 15 is 0 Å². The number of carbonyl (C=O) groups is 2. The number of anilines is 1. The van der Waals surface area contributed by atoms with Crippen molar-refractivity contribution in [3.05, 3.63) is 12.2 Å². The Labute approximate surface area is 200 Å². The minimum Gasteiger partial charge on any atom is -0.447 e. The third-order valence-electron chi connectivity index (χ3n) is 6.69. The van der Waals surface area contributed by atoms with Gasteiger partial charge in [-0.3, -0.25) is 9.36 Å². The van der Waals surface area contributed by atoms with Crippen LogP contribution in [0, 0.1) is 17.8 Å². The summed E-state index contributed by atoms with van der Waals surface area (Å²) < 4.78 is 12.2. The summed E-state index contributed by atoms with van der Waals surface area (Å²) in [5, 5.41) is 24.4. The number of hydrogen-bond donors (Lipinski definition) is 5. The van der Waals surface area contributed by atoms with Gasteiger partial charge in [-0.1, -0.05) is 5.92 Å². The summed E-state index contributed by atoms with van der Waals surface area (Å²) in [7, 11) is 0. The van der Waals surface area contributed by atoms with Gasteiger partial charge < -0.3 is 36.5 Å². The van der Waals surface area contributed by atoms with Crippen molar-refractivity contribution in [1.82, 2.24) is 24.8 Å². The van der Waals surface area contributed by atoms with E-state index in [1.54, 1.807) is 0 Å². The second-order valence-electron chi connectivity index (χ2n) is 9.16. The maximum Gasteiger partial charge on any atom is 0.339 e. The number of rotatable bonds is 5. The lowest BCUT2D eigenvalue weighted by Crippen LogP contribution is -2.42. The maximum atomic E-state index is 12.6. The van der Waals surface area contributed by atoms with Crippen LogP contribution < -0.4 is 16.8 Å². The fourth-order valence-electron chi connectivity index (χ4n) is 4.39. The zero-order chi connectivity index (χ0) is 24.7. The first-order valence-electron chi connectivity index (χ1n) is 11.5. The van der Waals surface area contributed by atoms with Crippen LogP contribution in [0.4, 0.5) is 5.82 Å². The van der Waals surface area contributed by atoms with Crippen LogP contribution in [0.3, 0.4) is 0 Å². The highest BCUT2D eigenvalue weighted by Crippen LogP contribution is 2.41. The first-order valence-corrected chi connectivity index (χ1v) is 11.5. The molecule has 2 saturated heterocycles. The van der Waals surface area contributed by atoms with E-state index in [0.717, 1.165) is 32.4 Å². The van der Waals surface area contributed by atoms with E-state index in [-0.39, 0.29) is 22.8 Å². The van der Waals surface area contributed by atoms with Crippen LogP contribution >= 0.6 is 0 Å². The van der Waals surface area contributed by atoms with Gasteiger partial charge >= 0.3 is 5.97 Å². The number of amides is 1. The summed E-state index contributed by atoms with van der Waals surface area (Å²) >= 11 is 0. The number of piperidine rings is 1. The second kappa shape index (κ2) is 9.04. The molecule has 13 heteroatoms. The molecule has 7 N–H and O–H groups in total. The molecule has 3 fully saturated rings. The number of fused-ring (bicyclic) bond motifs is 1. The van der Waals surface area contributed by atoms with Gasteiger partial charge in [-0.15, -0.1) is 0 Å². The number of esters is 1. The van der Waals surface area contributed by atoms with Crippen LogP contribution in [0.5, 0.6) is 0 Å². The quantitative estimate of drug-likeness (QED) is 0.239. The summed E-state index contributed by atoms with van der Waals surface area (Å²) in [6.07, 6.45) is -1.12. The zero-order valence-electron chi connectivity index (χ0n) is 18.9. The number of aromatic nitrogens is 4. The Morgan fingerprint density at radius 3 is 2.69 bits per heavy atom. The average molecular weight is 486 g/mol. The molecule has 0 spiro atoms. The minimum absolute atomic E-state index is 0.0982. The largest absolute Gasteiger partial charge is 0.447 e. The maximum absolute atomic E-state index is 12.6. The van der Waals surface area contributed by atoms with Crippen LogP contribution in [-0.2, 0) is 19.1 Å². The molecule has 3 aliphatic rings. The van der Waals surface area contributed by atoms with E-state index in [1.165, 1.54) is 10.9 Å². The van der Waals surface area contributed by atoms with E-state index in [2.05, 4.69) is 32.1 Å². The lowest BCUT2D eigenvalue weighted by Gasteiger charge is -2.20. The molecular formula is C22H27N7O6. The number of nitrogens with one attached hydrogen (secondary N) is 1. The molecule has 5 rings (SSSR count). The first kappa shape index (κ1) is 23.4. The number of nitrogens with two attached hydrogens (primary N) is 2. The molecule has 4 heterocycles. The second-order valence-corrected chi connectivity index (χ2v) is 9.16. The highest BCUT2D eigenvalue weighted by Gasteiger charge is 2.56. The zero-order valence-corrected chi connectivity index (χ0v) is 18.9. The SMILES string of the molecule is NC(=O)C1(OC(=O)C2OC(n3cnc4c(N)nc(C#CCC5CCNCC5)nc43)C(O)C2O)CC1. The number of aliphatic hydroxyl groups is 2. The number of carbonyl (C=O) groups excluding carboxylic acids is 2. The van der Waals surface area contributed by atoms with Crippen LogP contribution in [0.25, 0.3) is 11.2 Å². The molecule has 4 unspecified atom stereocenters. The number of primary amides is 1. The molecule has 13 nitrogen and oxygen atoms in total. The molecule has 1 amide bonds. The van der Waals surface area contributed by atoms with Gasteiger partial charge in [0.25, 0.3) is 5.91 Å². The van der Waals surface area contributed by atoms with E-state index < -0.39 is 42.0 Å². The summed E-state index contributed by atoms with van der Waals surface area (Å²) in [6, 6.07) is 0. The highest BCUT2D eigenvalue weighted by atomic mass is 16.6. The van der Waals surface area contributed by atoms with E-state index in [0.29, 0.717) is 18.8 Å². The first-order chi connectivity index (χ1) is 16.8. The smallest absolute Gasteiger partial charge is 0.339 e. The number of imidazole rings is 1. The molecule has 0 bridgehead atoms. The van der Waals surface area contributed by atoms with Crippen LogP contribution in [0.1, 0.15) is 44.2 Å². The highest BCUT2D eigenvalue weighted by molar-refractivity contribution is 5.90. The number of nitrogens with zero attached hydrogens (tertiary/aromatic N) is 4.